The third-order valence-electron chi connectivity index (χ3n) is 3.39. The summed E-state index contributed by atoms with van der Waals surface area (Å²) >= 11 is 6.21. The first kappa shape index (κ1) is 15.4. The van der Waals surface area contributed by atoms with Crippen molar-refractivity contribution in [2.24, 2.45) is 0 Å². The highest BCUT2D eigenvalue weighted by molar-refractivity contribution is 6.34. The van der Waals surface area contributed by atoms with Gasteiger partial charge in [0.1, 0.15) is 5.76 Å². The highest BCUT2D eigenvalue weighted by Gasteiger charge is 2.28. The molecule has 1 unspecified atom stereocenters. The van der Waals surface area contributed by atoms with Gasteiger partial charge in [-0.05, 0) is 18.6 Å². The van der Waals surface area contributed by atoms with Crippen LogP contribution in [0.15, 0.2) is 53.9 Å². The van der Waals surface area contributed by atoms with Crippen molar-refractivity contribution in [3.63, 3.8) is 0 Å². The Morgan fingerprint density at radius 1 is 1.33 bits per heavy atom. The average molecular weight is 304 g/mol. The molecule has 21 heavy (non-hydrogen) atoms. The molecule has 2 rings (SSSR count). The number of halogens is 1. The van der Waals surface area contributed by atoms with Gasteiger partial charge in [0.2, 0.25) is 0 Å². The molecule has 0 saturated carbocycles. The average Bonchev–Trinajstić information content (AvgIpc) is 2.53. The van der Waals surface area contributed by atoms with Crippen LogP contribution in [0, 0.1) is 0 Å². The van der Waals surface area contributed by atoms with E-state index in [1.165, 1.54) is 5.56 Å². The number of rotatable bonds is 5. The lowest BCUT2D eigenvalue weighted by molar-refractivity contribution is -0.00560. The molecular formula is C16H18ClN3O. The van der Waals surface area contributed by atoms with Crippen LogP contribution in [0.1, 0.15) is 12.5 Å². The monoisotopic (exact) mass is 303 g/mol. The Labute approximate surface area is 129 Å². The highest BCUT2D eigenvalue weighted by Crippen LogP contribution is 2.25. The molecule has 0 bridgehead atoms. The number of hydrogen-bond donors (Lipinski definition) is 0. The van der Waals surface area contributed by atoms with E-state index in [4.69, 9.17) is 21.9 Å². The summed E-state index contributed by atoms with van der Waals surface area (Å²) < 4.78 is 5.41. The third kappa shape index (κ3) is 3.54. The number of nitrogens with zero attached hydrogens (tertiary/aromatic N) is 3. The minimum absolute atomic E-state index is 0.382. The number of benzene rings is 1. The van der Waals surface area contributed by atoms with Crippen LogP contribution in [0.4, 0.5) is 0 Å². The van der Waals surface area contributed by atoms with Crippen LogP contribution < -0.4 is 0 Å². The van der Waals surface area contributed by atoms with Crippen molar-refractivity contribution in [1.29, 1.82) is 0 Å². The predicted molar refractivity (Wildman–Crippen MR) is 84.0 cm³/mol. The van der Waals surface area contributed by atoms with E-state index in [9.17, 15) is 0 Å². The first-order valence-corrected chi connectivity index (χ1v) is 7.26. The van der Waals surface area contributed by atoms with E-state index in [1.807, 2.05) is 24.3 Å². The van der Waals surface area contributed by atoms with E-state index in [0.717, 1.165) is 18.8 Å². The van der Waals surface area contributed by atoms with Crippen molar-refractivity contribution in [3.8, 4) is 0 Å². The van der Waals surface area contributed by atoms with E-state index in [1.54, 1.807) is 13.2 Å². The van der Waals surface area contributed by atoms with Crippen molar-refractivity contribution in [1.82, 2.24) is 4.90 Å². The maximum Gasteiger partial charge on any atom is 0.317 e. The van der Waals surface area contributed by atoms with Crippen LogP contribution in [0.2, 0.25) is 0 Å². The molecule has 0 aromatic heterocycles. The molecule has 110 valence electrons. The van der Waals surface area contributed by atoms with Gasteiger partial charge in [-0.1, -0.05) is 30.3 Å². The second-order valence-corrected chi connectivity index (χ2v) is 5.16. The molecule has 0 saturated heterocycles. The van der Waals surface area contributed by atoms with E-state index >= 15 is 0 Å². The zero-order chi connectivity index (χ0) is 15.2. The van der Waals surface area contributed by atoms with Crippen LogP contribution in [0.25, 0.3) is 5.53 Å². The summed E-state index contributed by atoms with van der Waals surface area (Å²) in [5.74, 6) is 0.650. The normalized spacial score (nSPS) is 17.7. The van der Waals surface area contributed by atoms with Gasteiger partial charge < -0.3 is 15.2 Å². The first-order valence-electron chi connectivity index (χ1n) is 6.82. The molecule has 0 aliphatic heterocycles. The number of alkyl halides is 1. The second-order valence-electron chi connectivity index (χ2n) is 4.69. The van der Waals surface area contributed by atoms with E-state index in [-0.39, 0.29) is 0 Å². The third-order valence-corrected chi connectivity index (χ3v) is 3.74. The van der Waals surface area contributed by atoms with Crippen molar-refractivity contribution >= 4 is 17.3 Å². The van der Waals surface area contributed by atoms with Gasteiger partial charge in [-0.3, -0.25) is 0 Å². The summed E-state index contributed by atoms with van der Waals surface area (Å²) in [6, 6.07) is 10.2. The van der Waals surface area contributed by atoms with Gasteiger partial charge in [-0.2, -0.15) is 4.79 Å². The molecule has 0 radical (unpaired) electrons. The van der Waals surface area contributed by atoms with Crippen molar-refractivity contribution in [2.75, 3.05) is 13.7 Å². The van der Waals surface area contributed by atoms with Crippen molar-refractivity contribution < 1.29 is 9.53 Å². The molecule has 4 nitrogen and oxygen atoms in total. The molecule has 1 atom stereocenters. The molecule has 5 heteroatoms. The number of hydrogen-bond acceptors (Lipinski definition) is 2. The summed E-state index contributed by atoms with van der Waals surface area (Å²) in [5.41, 5.74) is 11.5. The fourth-order valence-corrected chi connectivity index (χ4v) is 2.50. The van der Waals surface area contributed by atoms with Crippen LogP contribution in [-0.2, 0) is 11.3 Å². The first-order chi connectivity index (χ1) is 10.2. The second kappa shape index (κ2) is 7.11. The molecule has 1 aromatic carbocycles. The minimum atomic E-state index is -0.464. The maximum atomic E-state index is 8.95. The zero-order valence-corrected chi connectivity index (χ0v) is 12.9. The predicted octanol–water partition coefficient (Wildman–Crippen LogP) is 3.21. The Bertz CT molecular complexity index is 603. The molecule has 0 spiro atoms. The topological polar surface area (TPSA) is 48.9 Å². The van der Waals surface area contributed by atoms with E-state index < -0.39 is 5.38 Å². The zero-order valence-electron chi connectivity index (χ0n) is 12.2. The van der Waals surface area contributed by atoms with Crippen LogP contribution >= 0.6 is 11.6 Å². The molecule has 0 N–H and O–H groups in total. The van der Waals surface area contributed by atoms with Gasteiger partial charge >= 0.3 is 5.71 Å². The van der Waals surface area contributed by atoms with Gasteiger partial charge in [-0.25, -0.2) is 0 Å². The summed E-state index contributed by atoms with van der Waals surface area (Å²) in [5, 5.41) is -0.464. The van der Waals surface area contributed by atoms with E-state index in [0.29, 0.717) is 11.5 Å². The van der Waals surface area contributed by atoms with Crippen molar-refractivity contribution in [3.05, 3.63) is 65.0 Å². The quantitative estimate of drug-likeness (QED) is 0.476. The maximum absolute atomic E-state index is 8.95. The Balaban J connectivity index is 2.28. The lowest BCUT2D eigenvalue weighted by Gasteiger charge is -2.29. The largest absolute Gasteiger partial charge is 0.494 e. The number of ether oxygens (including phenoxy) is 1. The summed E-state index contributed by atoms with van der Waals surface area (Å²) in [6.07, 6.45) is 3.52. The van der Waals surface area contributed by atoms with E-state index in [2.05, 4.69) is 28.7 Å². The smallest absolute Gasteiger partial charge is 0.317 e. The summed E-state index contributed by atoms with van der Waals surface area (Å²) in [4.78, 5) is 5.37. The lowest BCUT2D eigenvalue weighted by Crippen LogP contribution is -2.29. The fraction of sp³-hybridized carbons (Fsp3) is 0.312. The van der Waals surface area contributed by atoms with Crippen LogP contribution in [-0.4, -0.2) is 34.4 Å². The van der Waals surface area contributed by atoms with Crippen LogP contribution in [0.5, 0.6) is 0 Å². The van der Waals surface area contributed by atoms with Crippen molar-refractivity contribution in [2.45, 2.75) is 18.8 Å². The van der Waals surface area contributed by atoms with Gasteiger partial charge in [0, 0.05) is 13.1 Å². The van der Waals surface area contributed by atoms with Gasteiger partial charge in [0.05, 0.1) is 18.9 Å². The molecule has 0 heterocycles. The van der Waals surface area contributed by atoms with Gasteiger partial charge in [0.15, 0.2) is 5.38 Å². The van der Waals surface area contributed by atoms with Gasteiger partial charge in [-0.15, -0.1) is 11.6 Å². The number of likely N-dealkylation sites (N-methyl/N-ethyl adjacent to an activating group) is 1. The summed E-state index contributed by atoms with van der Waals surface area (Å²) in [6.45, 7) is 3.66. The highest BCUT2D eigenvalue weighted by atomic mass is 35.5. The molecule has 1 aromatic rings. The Kier molecular flexibility index (Phi) is 5.20. The molecule has 1 aliphatic rings. The summed E-state index contributed by atoms with van der Waals surface area (Å²) in [7, 11) is 1.60. The lowest BCUT2D eigenvalue weighted by atomic mass is 10.1. The molecule has 0 fully saturated rings. The van der Waals surface area contributed by atoms with Crippen LogP contribution in [0.3, 0.4) is 0 Å². The van der Waals surface area contributed by atoms with Gasteiger partial charge in [0.25, 0.3) is 0 Å². The Morgan fingerprint density at radius 3 is 2.62 bits per heavy atom. The number of allylic oxidation sites excluding steroid dienone is 2. The molecular weight excluding hydrogens is 286 g/mol. The molecule has 1 aliphatic carbocycles. The Morgan fingerprint density at radius 2 is 2.05 bits per heavy atom. The SMILES string of the molecule is CCN(Cc1ccccc1)C1=CC(Cl)C(=[N+]=[N-])C=C1OC. The Hall–Kier alpha value is -2.03. The fourth-order valence-electron chi connectivity index (χ4n) is 2.27. The number of methoxy groups -OCH3 is 1. The standard InChI is InChI=1S/C16H18ClN3O/c1-3-20(11-12-7-5-4-6-8-12)15-9-13(17)14(19-18)10-16(15)21-2/h4-10,13H,3,11H2,1-2H3. The minimum Gasteiger partial charge on any atom is -0.494 e. The molecule has 0 amide bonds.